The zero-order chi connectivity index (χ0) is 13.8. The Labute approximate surface area is 115 Å². The summed E-state index contributed by atoms with van der Waals surface area (Å²) in [5, 5.41) is 0. The van der Waals surface area contributed by atoms with Crippen molar-refractivity contribution in [1.82, 2.24) is 4.98 Å². The van der Waals surface area contributed by atoms with Gasteiger partial charge in [0.15, 0.2) is 0 Å². The molecule has 3 atom stereocenters. The lowest BCUT2D eigenvalue weighted by Gasteiger charge is -2.36. The second kappa shape index (κ2) is 6.18. The zero-order valence-electron chi connectivity index (χ0n) is 12.0. The van der Waals surface area contributed by atoms with Crippen LogP contribution in [0.15, 0.2) is 24.5 Å². The van der Waals surface area contributed by atoms with Crippen molar-refractivity contribution in [3.63, 3.8) is 0 Å². The van der Waals surface area contributed by atoms with E-state index in [0.29, 0.717) is 23.3 Å². The molecule has 3 nitrogen and oxygen atoms in total. The van der Waals surface area contributed by atoms with E-state index in [1.165, 1.54) is 6.42 Å². The molecule has 1 heterocycles. The van der Waals surface area contributed by atoms with E-state index < -0.39 is 0 Å². The van der Waals surface area contributed by atoms with Gasteiger partial charge in [-0.25, -0.2) is 4.79 Å². The van der Waals surface area contributed by atoms with E-state index in [9.17, 15) is 4.79 Å². The van der Waals surface area contributed by atoms with Crippen molar-refractivity contribution in [3.05, 3.63) is 30.1 Å². The molecule has 1 saturated carbocycles. The lowest BCUT2D eigenvalue weighted by atomic mass is 9.75. The third-order valence-electron chi connectivity index (χ3n) is 4.12. The smallest absolute Gasteiger partial charge is 0.339 e. The number of esters is 1. The van der Waals surface area contributed by atoms with E-state index in [2.05, 4.69) is 25.8 Å². The molecule has 1 aromatic heterocycles. The second-order valence-electron chi connectivity index (χ2n) is 6.01. The van der Waals surface area contributed by atoms with Crippen LogP contribution in [-0.2, 0) is 4.74 Å². The third-order valence-corrected chi connectivity index (χ3v) is 4.12. The molecule has 0 aromatic carbocycles. The topological polar surface area (TPSA) is 39.2 Å². The van der Waals surface area contributed by atoms with Crippen LogP contribution in [0.2, 0.25) is 0 Å². The maximum atomic E-state index is 12.1. The minimum atomic E-state index is -0.238. The molecule has 0 unspecified atom stereocenters. The molecule has 0 N–H and O–H groups in total. The van der Waals surface area contributed by atoms with Crippen molar-refractivity contribution in [1.29, 1.82) is 0 Å². The zero-order valence-corrected chi connectivity index (χ0v) is 12.0. The Kier molecular flexibility index (Phi) is 4.56. The van der Waals surface area contributed by atoms with E-state index in [1.54, 1.807) is 24.5 Å². The van der Waals surface area contributed by atoms with Crippen LogP contribution in [0.1, 0.15) is 50.4 Å². The average molecular weight is 261 g/mol. The van der Waals surface area contributed by atoms with Crippen molar-refractivity contribution in [3.8, 4) is 0 Å². The molecule has 0 spiro atoms. The van der Waals surface area contributed by atoms with Crippen molar-refractivity contribution < 1.29 is 9.53 Å². The molecule has 0 radical (unpaired) electrons. The first-order valence-corrected chi connectivity index (χ1v) is 7.19. The van der Waals surface area contributed by atoms with Crippen molar-refractivity contribution in [2.24, 2.45) is 17.8 Å². The second-order valence-corrected chi connectivity index (χ2v) is 6.01. The Hall–Kier alpha value is -1.38. The average Bonchev–Trinajstić information content (AvgIpc) is 2.39. The third kappa shape index (κ3) is 3.55. The molecule has 0 aliphatic heterocycles. The summed E-state index contributed by atoms with van der Waals surface area (Å²) in [6.45, 7) is 6.67. The number of pyridine rings is 1. The van der Waals surface area contributed by atoms with E-state index in [1.807, 2.05) is 0 Å². The van der Waals surface area contributed by atoms with Crippen LogP contribution in [0.3, 0.4) is 0 Å². The summed E-state index contributed by atoms with van der Waals surface area (Å²) in [5.41, 5.74) is 0.545. The Balaban J connectivity index is 2.04. The summed E-state index contributed by atoms with van der Waals surface area (Å²) in [6.07, 6.45) is 6.66. The van der Waals surface area contributed by atoms with Gasteiger partial charge in [-0.2, -0.15) is 0 Å². The van der Waals surface area contributed by atoms with Crippen LogP contribution < -0.4 is 0 Å². The lowest BCUT2D eigenvalue weighted by Crippen LogP contribution is -2.35. The number of hydrogen-bond donors (Lipinski definition) is 0. The molecule has 1 aliphatic carbocycles. The predicted molar refractivity (Wildman–Crippen MR) is 74.8 cm³/mol. The first kappa shape index (κ1) is 14.0. The number of aromatic nitrogens is 1. The van der Waals surface area contributed by atoms with Gasteiger partial charge in [0.25, 0.3) is 0 Å². The summed E-state index contributed by atoms with van der Waals surface area (Å²) in [5.74, 6) is 1.44. The van der Waals surface area contributed by atoms with Crippen molar-refractivity contribution >= 4 is 5.97 Å². The van der Waals surface area contributed by atoms with Gasteiger partial charge in [0.2, 0.25) is 0 Å². The summed E-state index contributed by atoms with van der Waals surface area (Å²) >= 11 is 0. The summed E-state index contributed by atoms with van der Waals surface area (Å²) in [6, 6.07) is 3.52. The quantitative estimate of drug-likeness (QED) is 0.779. The highest BCUT2D eigenvalue weighted by Crippen LogP contribution is 2.35. The first-order valence-electron chi connectivity index (χ1n) is 7.19. The Morgan fingerprint density at radius 1 is 1.42 bits per heavy atom. The fourth-order valence-corrected chi connectivity index (χ4v) is 2.94. The molecule has 0 amide bonds. The lowest BCUT2D eigenvalue weighted by molar-refractivity contribution is -0.0174. The van der Waals surface area contributed by atoms with Crippen LogP contribution in [-0.4, -0.2) is 17.1 Å². The molecule has 104 valence electrons. The van der Waals surface area contributed by atoms with Gasteiger partial charge in [0.05, 0.1) is 5.56 Å². The maximum absolute atomic E-state index is 12.1. The number of ether oxygens (including phenoxy) is 1. The van der Waals surface area contributed by atoms with Crippen LogP contribution in [0.25, 0.3) is 0 Å². The Bertz CT molecular complexity index is 416. The molecule has 1 aliphatic rings. The minimum absolute atomic E-state index is 0.0523. The SMILES string of the molecule is CC(C)[C@@H]1CC[C@@H](C)C[C@H]1OC(=O)c1cccnc1. The molecule has 1 fully saturated rings. The normalized spacial score (nSPS) is 27.3. The molecule has 3 heteroatoms. The fraction of sp³-hybridized carbons (Fsp3) is 0.625. The summed E-state index contributed by atoms with van der Waals surface area (Å²) < 4.78 is 5.74. The number of carbonyl (C=O) groups is 1. The van der Waals surface area contributed by atoms with E-state index >= 15 is 0 Å². The van der Waals surface area contributed by atoms with Gasteiger partial charge in [-0.3, -0.25) is 4.98 Å². The van der Waals surface area contributed by atoms with E-state index in [-0.39, 0.29) is 12.1 Å². The first-order chi connectivity index (χ1) is 9.08. The monoisotopic (exact) mass is 261 g/mol. The summed E-state index contributed by atoms with van der Waals surface area (Å²) in [7, 11) is 0. The van der Waals surface area contributed by atoms with Gasteiger partial charge in [-0.15, -0.1) is 0 Å². The number of hydrogen-bond acceptors (Lipinski definition) is 3. The molecular weight excluding hydrogens is 238 g/mol. The van der Waals surface area contributed by atoms with Crippen molar-refractivity contribution in [2.45, 2.75) is 46.1 Å². The molecule has 1 aromatic rings. The highest BCUT2D eigenvalue weighted by Gasteiger charge is 2.33. The molecule has 19 heavy (non-hydrogen) atoms. The Morgan fingerprint density at radius 2 is 2.21 bits per heavy atom. The van der Waals surface area contributed by atoms with E-state index in [4.69, 9.17) is 4.74 Å². The largest absolute Gasteiger partial charge is 0.458 e. The number of rotatable bonds is 3. The predicted octanol–water partition coefficient (Wildman–Crippen LogP) is 3.70. The van der Waals surface area contributed by atoms with Crippen LogP contribution >= 0.6 is 0 Å². The van der Waals surface area contributed by atoms with Gasteiger partial charge in [0, 0.05) is 12.4 Å². The minimum Gasteiger partial charge on any atom is -0.458 e. The van der Waals surface area contributed by atoms with Crippen LogP contribution in [0, 0.1) is 17.8 Å². The van der Waals surface area contributed by atoms with Crippen molar-refractivity contribution in [2.75, 3.05) is 0 Å². The maximum Gasteiger partial charge on any atom is 0.339 e. The van der Waals surface area contributed by atoms with Crippen LogP contribution in [0.4, 0.5) is 0 Å². The van der Waals surface area contributed by atoms with Gasteiger partial charge >= 0.3 is 5.97 Å². The van der Waals surface area contributed by atoms with Gasteiger partial charge in [-0.05, 0) is 42.7 Å². The highest BCUT2D eigenvalue weighted by atomic mass is 16.5. The highest BCUT2D eigenvalue weighted by molar-refractivity contribution is 5.89. The molecule has 0 saturated heterocycles. The van der Waals surface area contributed by atoms with Gasteiger partial charge < -0.3 is 4.74 Å². The summed E-state index contributed by atoms with van der Waals surface area (Å²) in [4.78, 5) is 16.1. The van der Waals surface area contributed by atoms with Crippen LogP contribution in [0.5, 0.6) is 0 Å². The number of carbonyl (C=O) groups excluding carboxylic acids is 1. The van der Waals surface area contributed by atoms with Gasteiger partial charge in [0.1, 0.15) is 6.10 Å². The van der Waals surface area contributed by atoms with Gasteiger partial charge in [-0.1, -0.05) is 27.2 Å². The molecule has 0 bridgehead atoms. The number of nitrogens with zero attached hydrogens (tertiary/aromatic N) is 1. The standard InChI is InChI=1S/C16H23NO2/c1-11(2)14-7-6-12(3)9-15(14)19-16(18)13-5-4-8-17-10-13/h4-5,8,10-12,14-15H,6-7,9H2,1-3H3/t12-,14+,15-/m1/s1. The fourth-order valence-electron chi connectivity index (χ4n) is 2.94. The molecular formula is C16H23NO2. The Morgan fingerprint density at radius 3 is 2.84 bits per heavy atom. The van der Waals surface area contributed by atoms with E-state index in [0.717, 1.165) is 12.8 Å². The molecule has 2 rings (SSSR count).